The van der Waals surface area contributed by atoms with Gasteiger partial charge in [0, 0.05) is 49.9 Å². The Balaban J connectivity index is 1.65. The fourth-order valence-corrected chi connectivity index (χ4v) is 4.78. The molecule has 0 N–H and O–H groups in total. The van der Waals surface area contributed by atoms with Crippen molar-refractivity contribution in [3.63, 3.8) is 0 Å². The third-order valence-electron chi connectivity index (χ3n) is 6.49. The number of aryl methyl sites for hydroxylation is 1. The lowest BCUT2D eigenvalue weighted by Crippen LogP contribution is -2.30. The first-order valence-corrected chi connectivity index (χ1v) is 10.6. The fraction of sp³-hybridized carbons (Fsp3) is 0.435. The minimum atomic E-state index is -0.514. The Labute approximate surface area is 180 Å². The van der Waals surface area contributed by atoms with E-state index in [4.69, 9.17) is 26.1 Å². The number of rotatable bonds is 4. The average Bonchev–Trinajstić information content (AvgIpc) is 3.33. The topological polar surface area (TPSA) is 73.0 Å². The van der Waals surface area contributed by atoms with Gasteiger partial charge in [-0.05, 0) is 48.9 Å². The molecule has 1 atom stereocenters. The maximum Gasteiger partial charge on any atom is 0.137 e. The molecular formula is C23H23ClN4O2. The zero-order chi connectivity index (χ0) is 20.9. The Morgan fingerprint density at radius 1 is 1.33 bits per heavy atom. The summed E-state index contributed by atoms with van der Waals surface area (Å²) in [4.78, 5) is 9.31. The molecule has 1 unspecified atom stereocenters. The van der Waals surface area contributed by atoms with Crippen molar-refractivity contribution in [2.45, 2.75) is 37.7 Å². The van der Waals surface area contributed by atoms with Gasteiger partial charge in [-0.1, -0.05) is 11.6 Å². The molecule has 154 valence electrons. The van der Waals surface area contributed by atoms with E-state index in [1.807, 2.05) is 12.3 Å². The Bertz CT molecular complexity index is 1150. The van der Waals surface area contributed by atoms with Gasteiger partial charge in [-0.2, -0.15) is 5.26 Å². The van der Waals surface area contributed by atoms with Crippen LogP contribution in [0.4, 0.5) is 0 Å². The molecule has 4 heterocycles. The number of fused-ring (bicyclic) bond motifs is 1. The van der Waals surface area contributed by atoms with Gasteiger partial charge in [0.1, 0.15) is 16.6 Å². The largest absolute Gasteiger partial charge is 0.378 e. The Hall–Kier alpha value is -2.46. The highest BCUT2D eigenvalue weighted by Gasteiger charge is 2.39. The molecule has 30 heavy (non-hydrogen) atoms. The van der Waals surface area contributed by atoms with Gasteiger partial charge in [0.2, 0.25) is 0 Å². The van der Waals surface area contributed by atoms with Crippen LogP contribution in [0.25, 0.3) is 16.7 Å². The van der Waals surface area contributed by atoms with Crippen LogP contribution in [0.5, 0.6) is 0 Å². The number of hydrogen-bond donors (Lipinski definition) is 0. The van der Waals surface area contributed by atoms with Crippen molar-refractivity contribution >= 4 is 22.5 Å². The summed E-state index contributed by atoms with van der Waals surface area (Å²) in [6, 6.07) is 8.40. The zero-order valence-electron chi connectivity index (χ0n) is 17.1. The number of nitrogens with zero attached hydrogens (tertiary/aromatic N) is 4. The number of pyridine rings is 2. The van der Waals surface area contributed by atoms with Crippen LogP contribution in [0.3, 0.4) is 0 Å². The second-order valence-corrected chi connectivity index (χ2v) is 8.75. The molecule has 0 amide bonds. The summed E-state index contributed by atoms with van der Waals surface area (Å²) in [5.74, 6) is 1.32. The lowest BCUT2D eigenvalue weighted by molar-refractivity contribution is -0.0246. The van der Waals surface area contributed by atoms with Crippen LogP contribution in [-0.2, 0) is 15.1 Å². The zero-order valence-corrected chi connectivity index (χ0v) is 17.8. The first-order chi connectivity index (χ1) is 14.5. The number of ether oxygens (including phenoxy) is 2. The highest BCUT2D eigenvalue weighted by Crippen LogP contribution is 2.45. The predicted octanol–water partition coefficient (Wildman–Crippen LogP) is 4.66. The van der Waals surface area contributed by atoms with Crippen molar-refractivity contribution in [3.8, 4) is 11.9 Å². The molecule has 1 saturated carbocycles. The lowest BCUT2D eigenvalue weighted by atomic mass is 9.72. The van der Waals surface area contributed by atoms with Crippen molar-refractivity contribution in [2.24, 2.45) is 5.92 Å². The van der Waals surface area contributed by atoms with Crippen LogP contribution < -0.4 is 0 Å². The van der Waals surface area contributed by atoms with Gasteiger partial charge in [0.05, 0.1) is 23.9 Å². The number of methoxy groups -OCH3 is 1. The van der Waals surface area contributed by atoms with E-state index < -0.39 is 5.60 Å². The smallest absolute Gasteiger partial charge is 0.137 e. The van der Waals surface area contributed by atoms with Crippen molar-refractivity contribution in [1.82, 2.24) is 14.5 Å². The maximum atomic E-state index is 9.18. The SMILES string of the molecule is COC1(c2cc(C)cc(-n3cc(C4CC(C#N)C4)c4cnc(Cl)cc43)n2)CCOC1. The van der Waals surface area contributed by atoms with E-state index in [0.29, 0.717) is 24.3 Å². The van der Waals surface area contributed by atoms with E-state index in [9.17, 15) is 5.26 Å². The van der Waals surface area contributed by atoms with Gasteiger partial charge in [-0.15, -0.1) is 0 Å². The molecule has 1 saturated heterocycles. The molecule has 6 nitrogen and oxygen atoms in total. The van der Waals surface area contributed by atoms with Gasteiger partial charge >= 0.3 is 0 Å². The van der Waals surface area contributed by atoms with E-state index in [1.165, 1.54) is 5.56 Å². The van der Waals surface area contributed by atoms with E-state index in [2.05, 4.69) is 40.9 Å². The van der Waals surface area contributed by atoms with Crippen LogP contribution >= 0.6 is 11.6 Å². The van der Waals surface area contributed by atoms with Gasteiger partial charge in [0.25, 0.3) is 0 Å². The van der Waals surface area contributed by atoms with Crippen molar-refractivity contribution in [2.75, 3.05) is 20.3 Å². The highest BCUT2D eigenvalue weighted by molar-refractivity contribution is 6.30. The minimum absolute atomic E-state index is 0.140. The van der Waals surface area contributed by atoms with E-state index in [-0.39, 0.29) is 5.92 Å². The third kappa shape index (κ3) is 3.09. The number of hydrogen-bond acceptors (Lipinski definition) is 5. The van der Waals surface area contributed by atoms with E-state index in [0.717, 1.165) is 47.2 Å². The van der Waals surface area contributed by atoms with Crippen molar-refractivity contribution < 1.29 is 9.47 Å². The summed E-state index contributed by atoms with van der Waals surface area (Å²) in [5, 5.41) is 10.7. The second-order valence-electron chi connectivity index (χ2n) is 8.36. The first-order valence-electron chi connectivity index (χ1n) is 10.2. The number of aromatic nitrogens is 3. The molecule has 1 aliphatic heterocycles. The molecule has 2 aliphatic rings. The molecule has 2 fully saturated rings. The molecule has 3 aromatic rings. The second kappa shape index (κ2) is 7.35. The van der Waals surface area contributed by atoms with Crippen LogP contribution in [-0.4, -0.2) is 34.9 Å². The molecule has 1 aliphatic carbocycles. The van der Waals surface area contributed by atoms with Crippen molar-refractivity contribution in [3.05, 3.63) is 52.6 Å². The molecule has 0 bridgehead atoms. The fourth-order valence-electron chi connectivity index (χ4n) is 4.63. The molecule has 0 aromatic carbocycles. The summed E-state index contributed by atoms with van der Waals surface area (Å²) in [6.45, 7) is 3.24. The Kier molecular flexibility index (Phi) is 4.78. The number of halogens is 1. The minimum Gasteiger partial charge on any atom is -0.378 e. The molecule has 3 aromatic heterocycles. The van der Waals surface area contributed by atoms with Crippen LogP contribution in [0.2, 0.25) is 5.15 Å². The average molecular weight is 423 g/mol. The van der Waals surface area contributed by atoms with Crippen molar-refractivity contribution in [1.29, 1.82) is 5.26 Å². The normalized spacial score (nSPS) is 25.9. The van der Waals surface area contributed by atoms with Crippen LogP contribution in [0, 0.1) is 24.2 Å². The molecule has 0 spiro atoms. The monoisotopic (exact) mass is 422 g/mol. The lowest BCUT2D eigenvalue weighted by Gasteiger charge is -2.30. The van der Waals surface area contributed by atoms with Gasteiger partial charge in [-0.25, -0.2) is 9.97 Å². The number of nitriles is 1. The third-order valence-corrected chi connectivity index (χ3v) is 6.70. The Morgan fingerprint density at radius 2 is 2.17 bits per heavy atom. The quantitative estimate of drug-likeness (QED) is 0.571. The molecular weight excluding hydrogens is 400 g/mol. The predicted molar refractivity (Wildman–Crippen MR) is 114 cm³/mol. The molecule has 7 heteroatoms. The summed E-state index contributed by atoms with van der Waals surface area (Å²) < 4.78 is 13.6. The summed E-state index contributed by atoms with van der Waals surface area (Å²) >= 11 is 6.25. The molecule has 5 rings (SSSR count). The van der Waals surface area contributed by atoms with Gasteiger partial charge < -0.3 is 14.0 Å². The maximum absolute atomic E-state index is 9.18. The van der Waals surface area contributed by atoms with Gasteiger partial charge in [-0.3, -0.25) is 0 Å². The van der Waals surface area contributed by atoms with Gasteiger partial charge in [0.15, 0.2) is 0 Å². The standard InChI is InChI=1S/C23H23ClN4O2/c1-14-5-20(23(29-2)3-4-30-13-23)27-22(6-14)28-12-18(16-7-15(8-16)10-25)17-11-26-21(24)9-19(17)28/h5-6,9,11-12,15-16H,3-4,7-8,13H2,1-2H3. The highest BCUT2D eigenvalue weighted by atomic mass is 35.5. The summed E-state index contributed by atoms with van der Waals surface area (Å²) in [6.07, 6.45) is 6.52. The van der Waals surface area contributed by atoms with E-state index >= 15 is 0 Å². The summed E-state index contributed by atoms with van der Waals surface area (Å²) in [5.41, 5.74) is 3.66. The van der Waals surface area contributed by atoms with Crippen LogP contribution in [0.15, 0.2) is 30.6 Å². The Morgan fingerprint density at radius 3 is 2.87 bits per heavy atom. The summed E-state index contributed by atoms with van der Waals surface area (Å²) in [7, 11) is 1.72. The van der Waals surface area contributed by atoms with E-state index in [1.54, 1.807) is 7.11 Å². The molecule has 0 radical (unpaired) electrons. The first kappa shape index (κ1) is 19.5. The van der Waals surface area contributed by atoms with Crippen LogP contribution in [0.1, 0.15) is 42.0 Å².